The molecule has 0 amide bonds. The molecule has 0 aromatic rings. The summed E-state index contributed by atoms with van der Waals surface area (Å²) in [4.78, 5) is 1.57. The van der Waals surface area contributed by atoms with Crippen LogP contribution in [-0.4, -0.2) is 33.2 Å². The lowest BCUT2D eigenvalue weighted by Crippen LogP contribution is -2.01. The lowest BCUT2D eigenvalue weighted by molar-refractivity contribution is 0.288. The van der Waals surface area contributed by atoms with Crippen LogP contribution in [0.5, 0.6) is 0 Å². The minimum atomic E-state index is -3.14. The predicted molar refractivity (Wildman–Crippen MR) is 43.1 cm³/mol. The van der Waals surface area contributed by atoms with Crippen LogP contribution in [0.15, 0.2) is 0 Å². The van der Waals surface area contributed by atoms with Crippen molar-refractivity contribution in [3.63, 3.8) is 0 Å². The Labute approximate surface area is 67.0 Å². The Hall–Kier alpha value is -0.490. The molecule has 0 aliphatic heterocycles. The summed E-state index contributed by atoms with van der Waals surface area (Å²) in [6, 6.07) is 2.56. The van der Waals surface area contributed by atoms with E-state index in [2.05, 4.69) is 20.8 Å². The van der Waals surface area contributed by atoms with Gasteiger partial charge in [0.2, 0.25) is 0 Å². The third kappa shape index (κ3) is 4.05. The standard InChI is InChI=1S/C6H12NO3P/c1-7(2)5-6-11(8,9-3)10-4/h1-4H3. The Kier molecular flexibility index (Phi) is 4.20. The molecule has 11 heavy (non-hydrogen) atoms. The minimum Gasteiger partial charge on any atom is -0.338 e. The highest BCUT2D eigenvalue weighted by Crippen LogP contribution is 2.44. The molecule has 4 nitrogen and oxygen atoms in total. The van der Waals surface area contributed by atoms with E-state index in [9.17, 15) is 4.57 Å². The molecule has 0 fully saturated rings. The zero-order valence-electron chi connectivity index (χ0n) is 7.12. The van der Waals surface area contributed by atoms with Gasteiger partial charge in [-0.05, 0) is 0 Å². The molecule has 0 spiro atoms. The molecule has 0 rings (SSSR count). The van der Waals surface area contributed by atoms with Gasteiger partial charge in [-0.15, -0.1) is 0 Å². The van der Waals surface area contributed by atoms with Gasteiger partial charge in [-0.2, -0.15) is 0 Å². The molecule has 0 aromatic carbocycles. The normalized spacial score (nSPS) is 10.2. The maximum absolute atomic E-state index is 11.2. The SMILES string of the molecule is COP(=O)(C#CN(C)C)OC. The van der Waals surface area contributed by atoms with Gasteiger partial charge in [0.05, 0.1) is 0 Å². The molecule has 0 saturated heterocycles. The van der Waals surface area contributed by atoms with Gasteiger partial charge in [-0.1, -0.05) is 0 Å². The topological polar surface area (TPSA) is 38.8 Å². The Morgan fingerprint density at radius 3 is 2.00 bits per heavy atom. The van der Waals surface area contributed by atoms with Crippen molar-refractivity contribution in [2.75, 3.05) is 28.3 Å². The van der Waals surface area contributed by atoms with Gasteiger partial charge in [0.25, 0.3) is 0 Å². The van der Waals surface area contributed by atoms with Crippen molar-refractivity contribution < 1.29 is 13.6 Å². The van der Waals surface area contributed by atoms with Gasteiger partial charge >= 0.3 is 7.60 Å². The van der Waals surface area contributed by atoms with Crippen molar-refractivity contribution in [1.29, 1.82) is 0 Å². The molecule has 64 valence electrons. The van der Waals surface area contributed by atoms with E-state index < -0.39 is 7.60 Å². The summed E-state index contributed by atoms with van der Waals surface area (Å²) in [5.41, 5.74) is 2.38. The number of hydrogen-bond donors (Lipinski definition) is 0. The highest BCUT2D eigenvalue weighted by molar-refractivity contribution is 7.59. The summed E-state index contributed by atoms with van der Waals surface area (Å²) in [5.74, 6) is 0. The predicted octanol–water partition coefficient (Wildman–Crippen LogP) is 0.952. The van der Waals surface area contributed by atoms with Gasteiger partial charge in [0.15, 0.2) is 0 Å². The monoisotopic (exact) mass is 177 g/mol. The van der Waals surface area contributed by atoms with Crippen LogP contribution in [0.4, 0.5) is 0 Å². The van der Waals surface area contributed by atoms with Crippen molar-refractivity contribution in [1.82, 2.24) is 4.90 Å². The fraction of sp³-hybridized carbons (Fsp3) is 0.667. The first-order valence-electron chi connectivity index (χ1n) is 2.96. The Morgan fingerprint density at radius 2 is 1.73 bits per heavy atom. The minimum absolute atomic E-state index is 1.30. The smallest absolute Gasteiger partial charge is 0.338 e. The average Bonchev–Trinajstić information content (AvgIpc) is 2.00. The molecule has 0 bridgehead atoms. The highest BCUT2D eigenvalue weighted by Gasteiger charge is 2.16. The van der Waals surface area contributed by atoms with Gasteiger partial charge in [0.1, 0.15) is 0 Å². The lowest BCUT2D eigenvalue weighted by Gasteiger charge is -2.05. The van der Waals surface area contributed by atoms with Crippen LogP contribution < -0.4 is 0 Å². The fourth-order valence-corrected chi connectivity index (χ4v) is 0.981. The van der Waals surface area contributed by atoms with Crippen LogP contribution in [0.3, 0.4) is 0 Å². The summed E-state index contributed by atoms with van der Waals surface area (Å²) in [5, 5.41) is 0. The van der Waals surface area contributed by atoms with E-state index in [-0.39, 0.29) is 0 Å². The molecule has 0 saturated carbocycles. The van der Waals surface area contributed by atoms with Crippen LogP contribution >= 0.6 is 7.60 Å². The third-order valence-corrected chi connectivity index (χ3v) is 2.23. The maximum atomic E-state index is 11.2. The van der Waals surface area contributed by atoms with E-state index in [0.717, 1.165) is 0 Å². The molecular formula is C6H12NO3P. The first-order valence-corrected chi connectivity index (χ1v) is 4.50. The van der Waals surface area contributed by atoms with E-state index in [1.54, 1.807) is 19.0 Å². The second-order valence-electron chi connectivity index (χ2n) is 1.98. The van der Waals surface area contributed by atoms with Crippen LogP contribution in [-0.2, 0) is 13.6 Å². The molecule has 0 aliphatic rings. The second-order valence-corrected chi connectivity index (χ2v) is 3.93. The zero-order chi connectivity index (χ0) is 8.91. The summed E-state index contributed by atoms with van der Waals surface area (Å²) >= 11 is 0. The molecule has 0 aromatic heterocycles. The maximum Gasteiger partial charge on any atom is 0.406 e. The zero-order valence-corrected chi connectivity index (χ0v) is 8.01. The largest absolute Gasteiger partial charge is 0.406 e. The molecule has 0 aliphatic carbocycles. The quantitative estimate of drug-likeness (QED) is 0.357. The van der Waals surface area contributed by atoms with Crippen LogP contribution in [0.1, 0.15) is 0 Å². The molecule has 0 unspecified atom stereocenters. The number of hydrogen-bond acceptors (Lipinski definition) is 4. The van der Waals surface area contributed by atoms with Crippen molar-refractivity contribution in [3.05, 3.63) is 0 Å². The van der Waals surface area contributed by atoms with Crippen molar-refractivity contribution in [2.45, 2.75) is 0 Å². The van der Waals surface area contributed by atoms with E-state index in [1.807, 2.05) is 0 Å². The first kappa shape index (κ1) is 10.5. The molecular weight excluding hydrogens is 165 g/mol. The van der Waals surface area contributed by atoms with E-state index in [4.69, 9.17) is 0 Å². The summed E-state index contributed by atoms with van der Waals surface area (Å²) in [6.45, 7) is 0. The molecule has 0 N–H and O–H groups in total. The van der Waals surface area contributed by atoms with E-state index >= 15 is 0 Å². The van der Waals surface area contributed by atoms with Crippen molar-refractivity contribution in [2.24, 2.45) is 0 Å². The van der Waals surface area contributed by atoms with Gasteiger partial charge in [0, 0.05) is 40.0 Å². The lowest BCUT2D eigenvalue weighted by atomic mass is 10.9. The third-order valence-electron chi connectivity index (χ3n) is 0.891. The Balaban J connectivity index is 4.35. The van der Waals surface area contributed by atoms with E-state index in [1.165, 1.54) is 14.2 Å². The van der Waals surface area contributed by atoms with Crippen molar-refractivity contribution in [3.8, 4) is 11.7 Å². The summed E-state index contributed by atoms with van der Waals surface area (Å²) in [7, 11) is 2.94. The first-order chi connectivity index (χ1) is 5.04. The van der Waals surface area contributed by atoms with Gasteiger partial charge < -0.3 is 13.9 Å². The molecule has 0 atom stereocenters. The van der Waals surface area contributed by atoms with Crippen LogP contribution in [0, 0.1) is 11.7 Å². The Morgan fingerprint density at radius 1 is 1.27 bits per heavy atom. The highest BCUT2D eigenvalue weighted by atomic mass is 31.2. The summed E-state index contributed by atoms with van der Waals surface area (Å²) < 4.78 is 20.4. The number of nitrogens with zero attached hydrogens (tertiary/aromatic N) is 1. The summed E-state index contributed by atoms with van der Waals surface area (Å²) in [6.07, 6.45) is 0. The molecule has 0 heterocycles. The Bertz CT molecular complexity index is 208. The van der Waals surface area contributed by atoms with Crippen molar-refractivity contribution >= 4 is 7.60 Å². The molecule has 5 heteroatoms. The van der Waals surface area contributed by atoms with Gasteiger partial charge in [-0.25, -0.2) is 4.57 Å². The second kappa shape index (κ2) is 4.40. The van der Waals surface area contributed by atoms with Gasteiger partial charge in [-0.3, -0.25) is 0 Å². The number of rotatable bonds is 2. The van der Waals surface area contributed by atoms with Crippen LogP contribution in [0.2, 0.25) is 0 Å². The average molecular weight is 177 g/mol. The van der Waals surface area contributed by atoms with Crippen LogP contribution in [0.25, 0.3) is 0 Å². The fourth-order valence-electron chi connectivity index (χ4n) is 0.327. The van der Waals surface area contributed by atoms with E-state index in [0.29, 0.717) is 0 Å². The molecule has 0 radical (unpaired) electrons.